The van der Waals surface area contributed by atoms with E-state index >= 15 is 0 Å². The molecule has 1 aromatic rings. The number of hydrogen-bond donors (Lipinski definition) is 0. The van der Waals surface area contributed by atoms with Crippen LogP contribution < -0.4 is 4.90 Å². The van der Waals surface area contributed by atoms with E-state index in [-0.39, 0.29) is 17.8 Å². The van der Waals surface area contributed by atoms with Gasteiger partial charge in [0.1, 0.15) is 0 Å². The molecule has 0 amide bonds. The van der Waals surface area contributed by atoms with Crippen molar-refractivity contribution in [1.29, 1.82) is 0 Å². The fourth-order valence-electron chi connectivity index (χ4n) is 2.52. The topological polar surface area (TPSA) is 80.8 Å². The van der Waals surface area contributed by atoms with E-state index in [1.807, 2.05) is 12.1 Å². The molecule has 3 rings (SSSR count). The Morgan fingerprint density at radius 2 is 1.68 bits per heavy atom. The summed E-state index contributed by atoms with van der Waals surface area (Å²) in [6.07, 6.45) is 2.57. The summed E-state index contributed by atoms with van der Waals surface area (Å²) < 4.78 is 50.8. The van der Waals surface area contributed by atoms with Crippen LogP contribution in [0, 0.1) is 5.92 Å². The second-order valence-electron chi connectivity index (χ2n) is 6.00. The van der Waals surface area contributed by atoms with Gasteiger partial charge in [-0.15, -0.1) is 0 Å². The van der Waals surface area contributed by atoms with Crippen LogP contribution in [0.15, 0.2) is 29.2 Å². The van der Waals surface area contributed by atoms with Gasteiger partial charge in [-0.05, 0) is 37.1 Å². The molecule has 0 aromatic heterocycles. The van der Waals surface area contributed by atoms with Gasteiger partial charge in [0, 0.05) is 24.7 Å². The Kier molecular flexibility index (Phi) is 3.94. The Hall–Kier alpha value is -1.12. The van der Waals surface area contributed by atoms with Crippen molar-refractivity contribution in [1.82, 2.24) is 0 Å². The van der Waals surface area contributed by atoms with Crippen molar-refractivity contribution in [2.45, 2.75) is 23.0 Å². The molecule has 0 unspecified atom stereocenters. The molecule has 1 aromatic carbocycles. The normalized spacial score (nSPS) is 20.0. The molecule has 1 heterocycles. The van der Waals surface area contributed by atoms with Crippen LogP contribution in [0.1, 0.15) is 12.8 Å². The summed E-state index contributed by atoms with van der Waals surface area (Å²) in [7, 11) is -6.52. The van der Waals surface area contributed by atoms with Crippen molar-refractivity contribution in [3.05, 3.63) is 24.3 Å². The van der Waals surface area contributed by atoms with E-state index < -0.39 is 20.0 Å². The van der Waals surface area contributed by atoms with Crippen LogP contribution in [0.5, 0.6) is 0 Å². The van der Waals surface area contributed by atoms with Crippen LogP contribution in [0.2, 0.25) is 0 Å². The first-order chi connectivity index (χ1) is 10.3. The fraction of sp³-hybridized carbons (Fsp3) is 0.571. The van der Waals surface area contributed by atoms with E-state index in [1.165, 1.54) is 0 Å². The van der Waals surface area contributed by atoms with E-state index in [1.54, 1.807) is 12.1 Å². The molecular weight excluding hydrogens is 326 g/mol. The lowest BCUT2D eigenvalue weighted by atomic mass is 10.0. The summed E-state index contributed by atoms with van der Waals surface area (Å²) >= 11 is 0. The number of sulfone groups is 1. The Bertz CT molecular complexity index is 745. The molecule has 0 radical (unpaired) electrons. The number of hydrogen-bond acceptors (Lipinski definition) is 6. The molecule has 0 spiro atoms. The van der Waals surface area contributed by atoms with Gasteiger partial charge >= 0.3 is 0 Å². The van der Waals surface area contributed by atoms with Crippen molar-refractivity contribution >= 4 is 25.6 Å². The molecule has 0 bridgehead atoms. The van der Waals surface area contributed by atoms with Crippen LogP contribution in [0.4, 0.5) is 5.69 Å². The van der Waals surface area contributed by atoms with Crippen molar-refractivity contribution in [3.63, 3.8) is 0 Å². The summed E-state index contributed by atoms with van der Waals surface area (Å²) in [6, 6.07) is 6.93. The minimum Gasteiger partial charge on any atom is -0.371 e. The maximum Gasteiger partial charge on any atom is 0.264 e. The van der Waals surface area contributed by atoms with Gasteiger partial charge in [-0.25, -0.2) is 8.42 Å². The number of rotatable bonds is 6. The lowest BCUT2D eigenvalue weighted by molar-refractivity contribution is 0.228. The van der Waals surface area contributed by atoms with Crippen molar-refractivity contribution in [2.75, 3.05) is 30.9 Å². The van der Waals surface area contributed by atoms with Crippen LogP contribution in [-0.4, -0.2) is 48.0 Å². The molecule has 0 atom stereocenters. The van der Waals surface area contributed by atoms with Gasteiger partial charge in [0.15, 0.2) is 9.84 Å². The molecule has 0 N–H and O–H groups in total. The molecule has 2 aliphatic rings. The SMILES string of the molecule is CS(=O)(=O)OCC1CN(c2ccc(S(=O)(=O)C3CC3)cc2)C1. The van der Waals surface area contributed by atoms with E-state index in [0.717, 1.165) is 24.8 Å². The van der Waals surface area contributed by atoms with Gasteiger partial charge in [-0.3, -0.25) is 4.18 Å². The molecular formula is C14H19NO5S2. The predicted octanol–water partition coefficient (Wildman–Crippen LogP) is 1.04. The number of nitrogens with zero attached hydrogens (tertiary/aromatic N) is 1. The quantitative estimate of drug-likeness (QED) is 0.717. The van der Waals surface area contributed by atoms with Gasteiger partial charge < -0.3 is 4.90 Å². The largest absolute Gasteiger partial charge is 0.371 e. The lowest BCUT2D eigenvalue weighted by Crippen LogP contribution is -2.49. The molecule has 1 aliphatic carbocycles. The Morgan fingerprint density at radius 1 is 1.09 bits per heavy atom. The van der Waals surface area contributed by atoms with Crippen LogP contribution >= 0.6 is 0 Å². The molecule has 8 heteroatoms. The summed E-state index contributed by atoms with van der Waals surface area (Å²) in [5, 5.41) is -0.195. The highest BCUT2D eigenvalue weighted by Crippen LogP contribution is 2.34. The molecule has 1 saturated carbocycles. The zero-order valence-electron chi connectivity index (χ0n) is 12.3. The third-order valence-electron chi connectivity index (χ3n) is 3.97. The molecule has 6 nitrogen and oxygen atoms in total. The lowest BCUT2D eigenvalue weighted by Gasteiger charge is -2.40. The van der Waals surface area contributed by atoms with Crippen molar-refractivity contribution in [2.24, 2.45) is 5.92 Å². The van der Waals surface area contributed by atoms with Gasteiger partial charge in [-0.2, -0.15) is 8.42 Å². The molecule has 22 heavy (non-hydrogen) atoms. The Morgan fingerprint density at radius 3 is 2.18 bits per heavy atom. The molecule has 1 saturated heterocycles. The highest BCUT2D eigenvalue weighted by atomic mass is 32.2. The average molecular weight is 345 g/mol. The first-order valence-electron chi connectivity index (χ1n) is 7.19. The summed E-state index contributed by atoms with van der Waals surface area (Å²) in [5.74, 6) is 0.185. The van der Waals surface area contributed by atoms with Gasteiger partial charge in [0.2, 0.25) is 0 Å². The van der Waals surface area contributed by atoms with Gasteiger partial charge in [-0.1, -0.05) is 0 Å². The zero-order chi connectivity index (χ0) is 16.0. The summed E-state index contributed by atoms with van der Waals surface area (Å²) in [4.78, 5) is 2.46. The predicted molar refractivity (Wildman–Crippen MR) is 83.1 cm³/mol. The monoisotopic (exact) mass is 345 g/mol. The number of benzene rings is 1. The van der Waals surface area contributed by atoms with E-state index in [0.29, 0.717) is 18.0 Å². The van der Waals surface area contributed by atoms with E-state index in [2.05, 4.69) is 4.90 Å². The number of anilines is 1. The maximum absolute atomic E-state index is 12.1. The van der Waals surface area contributed by atoms with E-state index in [4.69, 9.17) is 4.18 Å². The molecule has 1 aliphatic heterocycles. The smallest absolute Gasteiger partial charge is 0.264 e. The molecule has 2 fully saturated rings. The highest BCUT2D eigenvalue weighted by Gasteiger charge is 2.37. The average Bonchev–Trinajstić information content (AvgIpc) is 3.20. The summed E-state index contributed by atoms with van der Waals surface area (Å²) in [6.45, 7) is 1.62. The third-order valence-corrected chi connectivity index (χ3v) is 6.81. The summed E-state index contributed by atoms with van der Waals surface area (Å²) in [5.41, 5.74) is 0.949. The second-order valence-corrected chi connectivity index (χ2v) is 9.87. The first-order valence-corrected chi connectivity index (χ1v) is 10.6. The third kappa shape index (κ3) is 3.44. The first kappa shape index (κ1) is 15.8. The Balaban J connectivity index is 1.57. The van der Waals surface area contributed by atoms with Gasteiger partial charge in [0.05, 0.1) is 23.0 Å². The van der Waals surface area contributed by atoms with Gasteiger partial charge in [0.25, 0.3) is 10.1 Å². The minimum atomic E-state index is -3.39. The van der Waals surface area contributed by atoms with E-state index in [9.17, 15) is 16.8 Å². The van der Waals surface area contributed by atoms with Crippen LogP contribution in [-0.2, 0) is 24.1 Å². The standard InChI is InChI=1S/C14H19NO5S2/c1-21(16,17)20-10-11-8-15(9-11)12-2-4-13(5-3-12)22(18,19)14-6-7-14/h2-5,11,14H,6-10H2,1H3. The Labute approximate surface area is 131 Å². The zero-order valence-corrected chi connectivity index (χ0v) is 13.9. The van der Waals surface area contributed by atoms with Crippen LogP contribution in [0.25, 0.3) is 0 Å². The molecule has 122 valence electrons. The van der Waals surface area contributed by atoms with Crippen molar-refractivity contribution in [3.8, 4) is 0 Å². The highest BCUT2D eigenvalue weighted by molar-refractivity contribution is 7.92. The van der Waals surface area contributed by atoms with Crippen LogP contribution in [0.3, 0.4) is 0 Å². The van der Waals surface area contributed by atoms with Crippen molar-refractivity contribution < 1.29 is 21.0 Å². The minimum absolute atomic E-state index is 0.185. The maximum atomic E-state index is 12.1. The second kappa shape index (κ2) is 5.50. The fourth-order valence-corrected chi connectivity index (χ4v) is 4.62.